The van der Waals surface area contributed by atoms with Gasteiger partial charge in [0.15, 0.2) is 0 Å². The number of nitrogens with one attached hydrogen (secondary N) is 2. The second-order valence-corrected chi connectivity index (χ2v) is 11.8. The minimum Gasteiger partial charge on any atom is -0.490 e. The third-order valence-electron chi connectivity index (χ3n) is 7.56. The van der Waals surface area contributed by atoms with Crippen molar-refractivity contribution >= 4 is 23.5 Å². The third kappa shape index (κ3) is 9.96. The Morgan fingerprint density at radius 1 is 1.09 bits per heavy atom. The highest BCUT2D eigenvalue weighted by Crippen LogP contribution is 2.29. The molecular formula is C33H48N4O6. The Labute approximate surface area is 255 Å². The molecule has 4 amide bonds. The number of hydrogen-bond acceptors (Lipinski definition) is 6. The van der Waals surface area contributed by atoms with E-state index in [-0.39, 0.29) is 55.2 Å². The third-order valence-corrected chi connectivity index (χ3v) is 7.56. The summed E-state index contributed by atoms with van der Waals surface area (Å²) in [5.74, 6) is -0.358. The van der Waals surface area contributed by atoms with Crippen LogP contribution in [0.2, 0.25) is 0 Å². The van der Waals surface area contributed by atoms with Gasteiger partial charge in [0.25, 0.3) is 11.8 Å². The zero-order valence-electron chi connectivity index (χ0n) is 26.3. The lowest BCUT2D eigenvalue weighted by Gasteiger charge is -2.36. The summed E-state index contributed by atoms with van der Waals surface area (Å²) >= 11 is 0. The number of fused-ring (bicyclic) bond motifs is 1. The quantitative estimate of drug-likeness (QED) is 0.423. The van der Waals surface area contributed by atoms with Gasteiger partial charge in [0.05, 0.1) is 30.4 Å². The fourth-order valence-corrected chi connectivity index (χ4v) is 4.97. The van der Waals surface area contributed by atoms with Crippen molar-refractivity contribution in [2.75, 3.05) is 38.7 Å². The summed E-state index contributed by atoms with van der Waals surface area (Å²) in [6.07, 6.45) is 1.96. The molecule has 0 unspecified atom stereocenters. The first-order valence-electron chi connectivity index (χ1n) is 15.2. The fraction of sp³-hybridized carbons (Fsp3) is 0.545. The first-order chi connectivity index (χ1) is 20.5. The maximum atomic E-state index is 14.2. The van der Waals surface area contributed by atoms with E-state index < -0.39 is 6.04 Å². The van der Waals surface area contributed by atoms with Crippen molar-refractivity contribution in [2.45, 2.75) is 78.2 Å². The molecule has 0 fully saturated rings. The Morgan fingerprint density at radius 2 is 1.81 bits per heavy atom. The monoisotopic (exact) mass is 596 g/mol. The van der Waals surface area contributed by atoms with Crippen LogP contribution in [0.5, 0.6) is 5.75 Å². The first-order valence-corrected chi connectivity index (χ1v) is 15.2. The molecule has 0 aromatic heterocycles. The molecule has 2 aromatic carbocycles. The second-order valence-electron chi connectivity index (χ2n) is 11.8. The van der Waals surface area contributed by atoms with Crippen LogP contribution in [0, 0.1) is 5.92 Å². The maximum Gasteiger partial charge on any atom is 0.317 e. The fourth-order valence-electron chi connectivity index (χ4n) is 4.97. The van der Waals surface area contributed by atoms with E-state index in [0.29, 0.717) is 35.7 Å². The van der Waals surface area contributed by atoms with Gasteiger partial charge in [0, 0.05) is 50.0 Å². The zero-order chi connectivity index (χ0) is 31.5. The van der Waals surface area contributed by atoms with Crippen molar-refractivity contribution in [3.05, 3.63) is 59.7 Å². The average molecular weight is 597 g/mol. The standard InChI is InChI=1S/C33H48N4O6/c1-22(2)34-33(41)36(6)20-30-23(3)19-37(24(4)21-38)32(40)28-18-27(35-31(39)26-13-8-7-9-14-26)15-16-29(28)43-25(5)12-10-11-17-42-30/h7-9,13-16,18,22-25,30,38H,10-12,17,19-21H2,1-6H3,(H,34,41)(H,35,39)/t23-,24-,25+,30+/m1/s1. The number of benzene rings is 2. The normalized spacial score (nSPS) is 20.8. The van der Waals surface area contributed by atoms with Gasteiger partial charge in [-0.25, -0.2) is 4.79 Å². The van der Waals surface area contributed by atoms with Crippen molar-refractivity contribution in [3.8, 4) is 5.75 Å². The van der Waals surface area contributed by atoms with Gasteiger partial charge >= 0.3 is 6.03 Å². The van der Waals surface area contributed by atoms with Crippen LogP contribution in [0.3, 0.4) is 0 Å². The molecule has 1 aliphatic rings. The molecule has 43 heavy (non-hydrogen) atoms. The average Bonchev–Trinajstić information content (AvgIpc) is 2.98. The number of rotatable bonds is 7. The number of aliphatic hydroxyl groups excluding tert-OH is 1. The molecule has 0 radical (unpaired) electrons. The topological polar surface area (TPSA) is 120 Å². The lowest BCUT2D eigenvalue weighted by atomic mass is 10.0. The van der Waals surface area contributed by atoms with E-state index in [1.807, 2.05) is 33.8 Å². The van der Waals surface area contributed by atoms with Gasteiger partial charge in [0.1, 0.15) is 5.75 Å². The van der Waals surface area contributed by atoms with Gasteiger partial charge in [-0.3, -0.25) is 9.59 Å². The van der Waals surface area contributed by atoms with E-state index in [0.717, 1.165) is 19.3 Å². The SMILES string of the molecule is CC(C)NC(=O)N(C)C[C@@H]1OCCCC[C@H](C)Oc2ccc(NC(=O)c3ccccc3)cc2C(=O)N([C@H](C)CO)C[C@H]1C. The molecule has 2 aromatic rings. The molecule has 236 valence electrons. The summed E-state index contributed by atoms with van der Waals surface area (Å²) < 4.78 is 12.6. The molecule has 1 aliphatic heterocycles. The van der Waals surface area contributed by atoms with E-state index in [1.165, 1.54) is 0 Å². The van der Waals surface area contributed by atoms with Crippen LogP contribution in [0.4, 0.5) is 10.5 Å². The molecule has 0 spiro atoms. The van der Waals surface area contributed by atoms with E-state index in [1.54, 1.807) is 66.2 Å². The summed E-state index contributed by atoms with van der Waals surface area (Å²) in [6.45, 7) is 10.5. The summed E-state index contributed by atoms with van der Waals surface area (Å²) in [5, 5.41) is 15.9. The molecule has 0 saturated carbocycles. The lowest BCUT2D eigenvalue weighted by Crippen LogP contribution is -2.49. The highest BCUT2D eigenvalue weighted by molar-refractivity contribution is 6.05. The zero-order valence-corrected chi connectivity index (χ0v) is 26.3. The molecule has 4 atom stereocenters. The highest BCUT2D eigenvalue weighted by Gasteiger charge is 2.31. The first kappa shape index (κ1) is 33.9. The molecule has 0 aliphatic carbocycles. The van der Waals surface area contributed by atoms with Crippen LogP contribution in [-0.2, 0) is 4.74 Å². The van der Waals surface area contributed by atoms with Gasteiger partial charge in [0.2, 0.25) is 0 Å². The number of nitrogens with zero attached hydrogens (tertiary/aromatic N) is 2. The van der Waals surface area contributed by atoms with Crippen LogP contribution < -0.4 is 15.4 Å². The van der Waals surface area contributed by atoms with Crippen molar-refractivity contribution in [2.24, 2.45) is 5.92 Å². The predicted molar refractivity (Wildman–Crippen MR) is 168 cm³/mol. The van der Waals surface area contributed by atoms with Gasteiger partial charge in [-0.1, -0.05) is 25.1 Å². The Hall–Kier alpha value is -3.63. The smallest absolute Gasteiger partial charge is 0.317 e. The molecule has 0 saturated heterocycles. The summed E-state index contributed by atoms with van der Waals surface area (Å²) in [7, 11) is 1.74. The van der Waals surface area contributed by atoms with Gasteiger partial charge < -0.3 is 35.0 Å². The Morgan fingerprint density at radius 3 is 2.49 bits per heavy atom. The minimum absolute atomic E-state index is 0.00227. The molecule has 3 rings (SSSR count). The van der Waals surface area contributed by atoms with Crippen LogP contribution in [0.15, 0.2) is 48.5 Å². The van der Waals surface area contributed by atoms with Gasteiger partial charge in [-0.15, -0.1) is 0 Å². The number of likely N-dealkylation sites (N-methyl/N-ethyl adjacent to an activating group) is 1. The maximum absolute atomic E-state index is 14.2. The van der Waals surface area contributed by atoms with Crippen LogP contribution in [0.1, 0.15) is 74.6 Å². The molecule has 3 N–H and O–H groups in total. The van der Waals surface area contributed by atoms with Gasteiger partial charge in [-0.05, 0) is 77.3 Å². The van der Waals surface area contributed by atoms with Crippen LogP contribution in [-0.4, -0.2) is 90.4 Å². The van der Waals surface area contributed by atoms with Gasteiger partial charge in [-0.2, -0.15) is 0 Å². The number of amides is 4. The minimum atomic E-state index is -0.502. The largest absolute Gasteiger partial charge is 0.490 e. The number of anilines is 1. The molecular weight excluding hydrogens is 548 g/mol. The molecule has 10 heteroatoms. The second kappa shape index (κ2) is 16.3. The number of urea groups is 1. The predicted octanol–water partition coefficient (Wildman–Crippen LogP) is 4.78. The van der Waals surface area contributed by atoms with E-state index in [4.69, 9.17) is 9.47 Å². The van der Waals surface area contributed by atoms with Crippen molar-refractivity contribution in [3.63, 3.8) is 0 Å². The van der Waals surface area contributed by atoms with Crippen molar-refractivity contribution in [1.29, 1.82) is 0 Å². The number of carbonyl (C=O) groups is 3. The van der Waals surface area contributed by atoms with Crippen molar-refractivity contribution in [1.82, 2.24) is 15.1 Å². The van der Waals surface area contributed by atoms with Crippen LogP contribution >= 0.6 is 0 Å². The van der Waals surface area contributed by atoms with E-state index in [2.05, 4.69) is 10.6 Å². The number of ether oxygens (including phenoxy) is 2. The molecule has 0 bridgehead atoms. The Balaban J connectivity index is 1.94. The summed E-state index contributed by atoms with van der Waals surface area (Å²) in [6, 6.07) is 13.3. The lowest BCUT2D eigenvalue weighted by molar-refractivity contribution is -0.0122. The number of hydrogen-bond donors (Lipinski definition) is 3. The van der Waals surface area contributed by atoms with Crippen LogP contribution in [0.25, 0.3) is 0 Å². The molecule has 1 heterocycles. The van der Waals surface area contributed by atoms with E-state index >= 15 is 0 Å². The van der Waals surface area contributed by atoms with Crippen molar-refractivity contribution < 1.29 is 29.0 Å². The number of carbonyl (C=O) groups excluding carboxylic acids is 3. The van der Waals surface area contributed by atoms with E-state index in [9.17, 15) is 19.5 Å². The summed E-state index contributed by atoms with van der Waals surface area (Å²) in [4.78, 5) is 43.0. The Bertz CT molecular complexity index is 1210. The number of aliphatic hydroxyl groups is 1. The summed E-state index contributed by atoms with van der Waals surface area (Å²) in [5.41, 5.74) is 1.26. The highest BCUT2D eigenvalue weighted by atomic mass is 16.5. The Kier molecular flexibility index (Phi) is 12.8. The molecule has 10 nitrogen and oxygen atoms in total.